The van der Waals surface area contributed by atoms with Gasteiger partial charge >= 0.3 is 0 Å². The summed E-state index contributed by atoms with van der Waals surface area (Å²) in [5, 5.41) is 2.83. The van der Waals surface area contributed by atoms with E-state index in [0.29, 0.717) is 11.5 Å². The van der Waals surface area contributed by atoms with Gasteiger partial charge in [0, 0.05) is 33.8 Å². The van der Waals surface area contributed by atoms with Crippen molar-refractivity contribution in [1.29, 1.82) is 0 Å². The van der Waals surface area contributed by atoms with Crippen LogP contribution in [0.2, 0.25) is 0 Å². The van der Waals surface area contributed by atoms with Crippen LogP contribution in [-0.2, 0) is 12.8 Å². The molecule has 6 nitrogen and oxygen atoms in total. The van der Waals surface area contributed by atoms with Crippen molar-refractivity contribution in [2.45, 2.75) is 39.5 Å². The quantitative estimate of drug-likeness (QED) is 0.771. The molecule has 136 valence electrons. The van der Waals surface area contributed by atoms with Crippen molar-refractivity contribution < 1.29 is 4.79 Å². The molecule has 6 heteroatoms. The summed E-state index contributed by atoms with van der Waals surface area (Å²) in [5.74, 6) is 0.0794. The lowest BCUT2D eigenvalue weighted by molar-refractivity contribution is 0.102. The molecule has 1 aliphatic rings. The minimum absolute atomic E-state index is 0.237. The zero-order valence-corrected chi connectivity index (χ0v) is 15.5. The van der Waals surface area contributed by atoms with Crippen LogP contribution in [0.15, 0.2) is 36.7 Å². The first-order valence-corrected chi connectivity index (χ1v) is 9.17. The molecule has 1 aliphatic carbocycles. The molecule has 2 heterocycles. The highest BCUT2D eigenvalue weighted by Gasteiger charge is 2.21. The van der Waals surface area contributed by atoms with Crippen molar-refractivity contribution in [2.75, 3.05) is 5.32 Å². The predicted molar refractivity (Wildman–Crippen MR) is 104 cm³/mol. The number of hydrogen-bond acceptors (Lipinski definition) is 5. The fraction of sp³-hybridized carbons (Fsp3) is 0.286. The maximum atomic E-state index is 13.0. The molecule has 0 fully saturated rings. The third-order valence-electron chi connectivity index (χ3n) is 4.76. The van der Waals surface area contributed by atoms with Gasteiger partial charge in [-0.25, -0.2) is 19.9 Å². The fourth-order valence-corrected chi connectivity index (χ4v) is 3.59. The Hall–Kier alpha value is -3.15. The smallest absolute Gasteiger partial charge is 0.258 e. The Morgan fingerprint density at radius 3 is 2.56 bits per heavy atom. The van der Waals surface area contributed by atoms with Crippen molar-refractivity contribution in [3.8, 4) is 11.3 Å². The van der Waals surface area contributed by atoms with Gasteiger partial charge in [0.1, 0.15) is 6.33 Å². The summed E-state index contributed by atoms with van der Waals surface area (Å²) in [4.78, 5) is 30.5. The molecule has 1 amide bonds. The zero-order chi connectivity index (χ0) is 18.8. The Balaban J connectivity index is 1.73. The minimum Gasteiger partial charge on any atom is -0.290 e. The number of anilines is 1. The van der Waals surface area contributed by atoms with E-state index in [9.17, 15) is 4.79 Å². The standard InChI is InChI=1S/C21H21N5O/c1-13-11-14(2)25-21(24-13)26-20(27)16-8-4-3-7-15(16)19-17-9-5-6-10-18(17)22-12-23-19/h3-4,7-8,11-12H,5-6,9-10H2,1-2H3,(H,24,25,26,27). The van der Waals surface area contributed by atoms with Crippen LogP contribution in [0.4, 0.5) is 5.95 Å². The summed E-state index contributed by atoms with van der Waals surface area (Å²) in [6.45, 7) is 3.76. The number of hydrogen-bond donors (Lipinski definition) is 1. The second-order valence-electron chi connectivity index (χ2n) is 6.83. The molecule has 0 radical (unpaired) electrons. The van der Waals surface area contributed by atoms with E-state index in [2.05, 4.69) is 25.3 Å². The molecule has 0 saturated carbocycles. The van der Waals surface area contributed by atoms with E-state index >= 15 is 0 Å². The minimum atomic E-state index is -0.237. The molecule has 0 atom stereocenters. The molecule has 3 aromatic rings. The maximum absolute atomic E-state index is 13.0. The average molecular weight is 359 g/mol. The van der Waals surface area contributed by atoms with Crippen molar-refractivity contribution in [2.24, 2.45) is 0 Å². The van der Waals surface area contributed by atoms with Crippen molar-refractivity contribution >= 4 is 11.9 Å². The number of amides is 1. The molecule has 1 aromatic carbocycles. The van der Waals surface area contributed by atoms with E-state index in [1.807, 2.05) is 44.2 Å². The summed E-state index contributed by atoms with van der Waals surface area (Å²) in [6, 6.07) is 9.40. The molecule has 0 aliphatic heterocycles. The van der Waals surface area contributed by atoms with E-state index in [4.69, 9.17) is 0 Å². The first-order valence-electron chi connectivity index (χ1n) is 9.17. The van der Waals surface area contributed by atoms with Gasteiger partial charge in [-0.1, -0.05) is 18.2 Å². The van der Waals surface area contributed by atoms with Crippen molar-refractivity contribution in [1.82, 2.24) is 19.9 Å². The number of aromatic nitrogens is 4. The Kier molecular flexibility index (Phi) is 4.62. The molecule has 0 unspecified atom stereocenters. The number of aryl methyl sites for hydroxylation is 3. The summed E-state index contributed by atoms with van der Waals surface area (Å²) in [5.41, 5.74) is 6.12. The number of carbonyl (C=O) groups excluding carboxylic acids is 1. The maximum Gasteiger partial charge on any atom is 0.258 e. The van der Waals surface area contributed by atoms with Gasteiger partial charge in [-0.2, -0.15) is 0 Å². The van der Waals surface area contributed by atoms with Crippen LogP contribution in [0.1, 0.15) is 45.8 Å². The number of nitrogens with one attached hydrogen (secondary N) is 1. The van der Waals surface area contributed by atoms with Crippen LogP contribution >= 0.6 is 0 Å². The SMILES string of the molecule is Cc1cc(C)nc(NC(=O)c2ccccc2-c2ncnc3c2CCCC3)n1. The highest BCUT2D eigenvalue weighted by Crippen LogP contribution is 2.30. The van der Waals surface area contributed by atoms with E-state index in [0.717, 1.165) is 59.6 Å². The van der Waals surface area contributed by atoms with E-state index in [-0.39, 0.29) is 5.91 Å². The summed E-state index contributed by atoms with van der Waals surface area (Å²) < 4.78 is 0. The van der Waals surface area contributed by atoms with E-state index in [1.165, 1.54) is 0 Å². The van der Waals surface area contributed by atoms with Gasteiger partial charge in [-0.05, 0) is 51.7 Å². The van der Waals surface area contributed by atoms with Crippen LogP contribution in [0.5, 0.6) is 0 Å². The zero-order valence-electron chi connectivity index (χ0n) is 15.5. The van der Waals surface area contributed by atoms with Gasteiger partial charge in [0.2, 0.25) is 5.95 Å². The molecule has 4 rings (SSSR count). The first-order chi connectivity index (χ1) is 13.1. The van der Waals surface area contributed by atoms with Gasteiger partial charge in [0.25, 0.3) is 5.91 Å². The monoisotopic (exact) mass is 359 g/mol. The van der Waals surface area contributed by atoms with Crippen LogP contribution in [0.3, 0.4) is 0 Å². The third-order valence-corrected chi connectivity index (χ3v) is 4.76. The molecule has 0 bridgehead atoms. The van der Waals surface area contributed by atoms with Gasteiger partial charge < -0.3 is 0 Å². The summed E-state index contributed by atoms with van der Waals surface area (Å²) in [7, 11) is 0. The normalized spacial score (nSPS) is 13.1. The van der Waals surface area contributed by atoms with E-state index < -0.39 is 0 Å². The number of fused-ring (bicyclic) bond motifs is 1. The van der Waals surface area contributed by atoms with Gasteiger partial charge in [0.05, 0.1) is 5.69 Å². The highest BCUT2D eigenvalue weighted by atomic mass is 16.1. The Bertz CT molecular complexity index is 995. The molecule has 0 spiro atoms. The van der Waals surface area contributed by atoms with E-state index in [1.54, 1.807) is 6.33 Å². The lowest BCUT2D eigenvalue weighted by Gasteiger charge is -2.18. The van der Waals surface area contributed by atoms with Gasteiger partial charge in [0.15, 0.2) is 0 Å². The number of nitrogens with zero attached hydrogens (tertiary/aromatic N) is 4. The molecule has 1 N–H and O–H groups in total. The number of rotatable bonds is 3. The number of carbonyl (C=O) groups is 1. The molecule has 2 aromatic heterocycles. The third kappa shape index (κ3) is 3.56. The van der Waals surface area contributed by atoms with Crippen molar-refractivity contribution in [3.63, 3.8) is 0 Å². The molecule has 0 saturated heterocycles. The largest absolute Gasteiger partial charge is 0.290 e. The molecular weight excluding hydrogens is 338 g/mol. The first kappa shape index (κ1) is 17.3. The lowest BCUT2D eigenvalue weighted by Crippen LogP contribution is -2.17. The molecule has 27 heavy (non-hydrogen) atoms. The number of benzene rings is 1. The second-order valence-corrected chi connectivity index (χ2v) is 6.83. The Morgan fingerprint density at radius 2 is 1.74 bits per heavy atom. The van der Waals surface area contributed by atoms with Gasteiger partial charge in [-0.3, -0.25) is 10.1 Å². The second kappa shape index (κ2) is 7.23. The lowest BCUT2D eigenvalue weighted by atomic mass is 9.91. The summed E-state index contributed by atoms with van der Waals surface area (Å²) in [6.07, 6.45) is 5.78. The summed E-state index contributed by atoms with van der Waals surface area (Å²) >= 11 is 0. The Morgan fingerprint density at radius 1 is 1.00 bits per heavy atom. The average Bonchev–Trinajstić information content (AvgIpc) is 2.67. The van der Waals surface area contributed by atoms with Crippen LogP contribution in [0.25, 0.3) is 11.3 Å². The van der Waals surface area contributed by atoms with Crippen LogP contribution < -0.4 is 5.32 Å². The fourth-order valence-electron chi connectivity index (χ4n) is 3.59. The highest BCUT2D eigenvalue weighted by molar-refractivity contribution is 6.08. The van der Waals surface area contributed by atoms with Crippen molar-refractivity contribution in [3.05, 3.63) is 64.9 Å². The van der Waals surface area contributed by atoms with Crippen LogP contribution in [-0.4, -0.2) is 25.8 Å². The molecular formula is C21H21N5O. The van der Waals surface area contributed by atoms with Crippen LogP contribution in [0, 0.1) is 13.8 Å². The Labute approximate surface area is 158 Å². The topological polar surface area (TPSA) is 80.7 Å². The van der Waals surface area contributed by atoms with Gasteiger partial charge in [-0.15, -0.1) is 0 Å². The predicted octanol–water partition coefficient (Wildman–Crippen LogP) is 3.68.